The first-order chi connectivity index (χ1) is 16.5. The van der Waals surface area contributed by atoms with E-state index in [-0.39, 0.29) is 24.0 Å². The molecular formula is C24H33N5O4S. The fourth-order valence-electron chi connectivity index (χ4n) is 4.17. The summed E-state index contributed by atoms with van der Waals surface area (Å²) in [7, 11) is 3.77. The van der Waals surface area contributed by atoms with Crippen LogP contribution in [0.1, 0.15) is 52.3 Å². The van der Waals surface area contributed by atoms with E-state index in [0.717, 1.165) is 49.7 Å². The van der Waals surface area contributed by atoms with E-state index in [1.807, 2.05) is 19.1 Å². The SMILES string of the molecule is CCCNC(=O)c1cc(C2CN(C)CCO2)ccc1NC(=O)c1csc(N2CC[C@H](OC)C2)n1. The van der Waals surface area contributed by atoms with E-state index < -0.39 is 0 Å². The maximum absolute atomic E-state index is 13.0. The Morgan fingerprint density at radius 1 is 1.26 bits per heavy atom. The molecule has 1 unspecified atom stereocenters. The highest BCUT2D eigenvalue weighted by molar-refractivity contribution is 7.14. The molecule has 2 atom stereocenters. The van der Waals surface area contributed by atoms with Gasteiger partial charge < -0.3 is 29.9 Å². The van der Waals surface area contributed by atoms with Gasteiger partial charge in [0.15, 0.2) is 5.13 Å². The van der Waals surface area contributed by atoms with Crippen molar-refractivity contribution >= 4 is 34.0 Å². The lowest BCUT2D eigenvalue weighted by Gasteiger charge is -2.30. The minimum atomic E-state index is -0.337. The largest absolute Gasteiger partial charge is 0.380 e. The predicted octanol–water partition coefficient (Wildman–Crippen LogP) is 2.76. The smallest absolute Gasteiger partial charge is 0.275 e. The molecule has 2 N–H and O–H groups in total. The van der Waals surface area contributed by atoms with Gasteiger partial charge in [-0.1, -0.05) is 13.0 Å². The van der Waals surface area contributed by atoms with Gasteiger partial charge in [0, 0.05) is 45.2 Å². The summed E-state index contributed by atoms with van der Waals surface area (Å²) < 4.78 is 11.4. The Hall–Kier alpha value is -2.53. The Morgan fingerprint density at radius 2 is 2.12 bits per heavy atom. The lowest BCUT2D eigenvalue weighted by molar-refractivity contribution is -0.0209. The number of anilines is 2. The standard InChI is InChI=1S/C24H33N5O4S/c1-4-8-25-22(30)18-12-16(21-14-28(2)10-11-33-21)5-6-19(18)26-23(31)20-15-34-24(27-20)29-9-7-17(13-29)32-3/h5-6,12,15,17,21H,4,7-11,13-14H2,1-3H3,(H,25,30)(H,26,31)/t17-,21?/m0/s1. The van der Waals surface area contributed by atoms with E-state index in [1.165, 1.54) is 11.3 Å². The zero-order valence-corrected chi connectivity index (χ0v) is 20.8. The Bertz CT molecular complexity index is 1010. The molecule has 0 radical (unpaired) electrons. The van der Waals surface area contributed by atoms with Crippen LogP contribution in [0.2, 0.25) is 0 Å². The molecule has 1 aromatic heterocycles. The molecule has 184 valence electrons. The van der Waals surface area contributed by atoms with E-state index in [0.29, 0.717) is 30.1 Å². The fourth-order valence-corrected chi connectivity index (χ4v) is 5.01. The van der Waals surface area contributed by atoms with Crippen molar-refractivity contribution in [1.82, 2.24) is 15.2 Å². The van der Waals surface area contributed by atoms with Gasteiger partial charge in [-0.2, -0.15) is 0 Å². The molecule has 9 nitrogen and oxygen atoms in total. The van der Waals surface area contributed by atoms with Crippen LogP contribution in [0.5, 0.6) is 0 Å². The molecule has 2 amide bonds. The van der Waals surface area contributed by atoms with E-state index >= 15 is 0 Å². The third kappa shape index (κ3) is 5.75. The van der Waals surface area contributed by atoms with Gasteiger partial charge in [0.2, 0.25) is 0 Å². The summed E-state index contributed by atoms with van der Waals surface area (Å²) in [5, 5.41) is 8.37. The van der Waals surface area contributed by atoms with Gasteiger partial charge in [-0.25, -0.2) is 4.98 Å². The first kappa shape index (κ1) is 24.6. The lowest BCUT2D eigenvalue weighted by atomic mass is 10.0. The van der Waals surface area contributed by atoms with E-state index in [2.05, 4.69) is 32.5 Å². The molecule has 4 rings (SSSR count). The Labute approximate surface area is 204 Å². The van der Waals surface area contributed by atoms with Crippen LogP contribution < -0.4 is 15.5 Å². The van der Waals surface area contributed by atoms with Crippen LogP contribution in [-0.2, 0) is 9.47 Å². The zero-order chi connectivity index (χ0) is 24.1. The summed E-state index contributed by atoms with van der Waals surface area (Å²) in [6, 6.07) is 5.52. The molecule has 2 aliphatic rings. The number of likely N-dealkylation sites (N-methyl/N-ethyl adjacent to an activating group) is 1. The first-order valence-corrected chi connectivity index (χ1v) is 12.6. The second-order valence-corrected chi connectivity index (χ2v) is 9.58. The summed E-state index contributed by atoms with van der Waals surface area (Å²) in [5.41, 5.74) is 2.14. The number of thiazole rings is 1. The number of carbonyl (C=O) groups excluding carboxylic acids is 2. The summed E-state index contributed by atoms with van der Waals surface area (Å²) in [5.74, 6) is -0.555. The molecule has 0 bridgehead atoms. The minimum absolute atomic E-state index is 0.112. The number of nitrogens with one attached hydrogen (secondary N) is 2. The number of aromatic nitrogens is 1. The third-order valence-corrected chi connectivity index (χ3v) is 7.09. The summed E-state index contributed by atoms with van der Waals surface area (Å²) >= 11 is 1.44. The van der Waals surface area contributed by atoms with Crippen LogP contribution in [0.4, 0.5) is 10.8 Å². The molecule has 2 fully saturated rings. The predicted molar refractivity (Wildman–Crippen MR) is 133 cm³/mol. The monoisotopic (exact) mass is 487 g/mol. The normalized spacial score (nSPS) is 21.0. The number of nitrogens with zero attached hydrogens (tertiary/aromatic N) is 3. The van der Waals surface area contributed by atoms with E-state index in [1.54, 1.807) is 18.6 Å². The van der Waals surface area contributed by atoms with Crippen molar-refractivity contribution in [2.45, 2.75) is 32.0 Å². The van der Waals surface area contributed by atoms with Crippen molar-refractivity contribution < 1.29 is 19.1 Å². The molecule has 3 heterocycles. The van der Waals surface area contributed by atoms with E-state index in [9.17, 15) is 9.59 Å². The third-order valence-electron chi connectivity index (χ3n) is 6.19. The first-order valence-electron chi connectivity index (χ1n) is 11.8. The number of hydrogen-bond donors (Lipinski definition) is 2. The quantitative estimate of drug-likeness (QED) is 0.591. The number of carbonyl (C=O) groups is 2. The van der Waals surface area contributed by atoms with Crippen molar-refractivity contribution in [3.05, 3.63) is 40.4 Å². The summed E-state index contributed by atoms with van der Waals surface area (Å²) in [6.45, 7) is 6.47. The van der Waals surface area contributed by atoms with Gasteiger partial charge in [-0.3, -0.25) is 9.59 Å². The highest BCUT2D eigenvalue weighted by Gasteiger charge is 2.26. The zero-order valence-electron chi connectivity index (χ0n) is 20.0. The summed E-state index contributed by atoms with van der Waals surface area (Å²) in [6.07, 6.45) is 1.85. The van der Waals surface area contributed by atoms with E-state index in [4.69, 9.17) is 9.47 Å². The Kier molecular flexibility index (Phi) is 8.15. The minimum Gasteiger partial charge on any atom is -0.380 e. The molecule has 2 aromatic rings. The van der Waals surface area contributed by atoms with Gasteiger partial charge >= 0.3 is 0 Å². The highest BCUT2D eigenvalue weighted by Crippen LogP contribution is 2.28. The van der Waals surface area contributed by atoms with Crippen LogP contribution in [0, 0.1) is 0 Å². The number of ether oxygens (including phenoxy) is 2. The molecule has 34 heavy (non-hydrogen) atoms. The van der Waals surface area contributed by atoms with Crippen molar-refractivity contribution in [1.29, 1.82) is 0 Å². The Balaban J connectivity index is 1.52. The van der Waals surface area contributed by atoms with Crippen molar-refractivity contribution in [2.24, 2.45) is 0 Å². The Morgan fingerprint density at radius 3 is 2.85 bits per heavy atom. The second kappa shape index (κ2) is 11.3. The second-order valence-electron chi connectivity index (χ2n) is 8.74. The van der Waals surface area contributed by atoms with Crippen LogP contribution in [0.15, 0.2) is 23.6 Å². The van der Waals surface area contributed by atoms with Gasteiger partial charge in [-0.05, 0) is 37.6 Å². The van der Waals surface area contributed by atoms with Crippen molar-refractivity contribution in [3.8, 4) is 0 Å². The van der Waals surface area contributed by atoms with Crippen LogP contribution in [-0.4, -0.2) is 81.3 Å². The van der Waals surface area contributed by atoms with Crippen LogP contribution in [0.25, 0.3) is 0 Å². The number of morpholine rings is 1. The lowest BCUT2D eigenvalue weighted by Crippen LogP contribution is -2.35. The molecular weight excluding hydrogens is 454 g/mol. The molecule has 1 aromatic carbocycles. The molecule has 2 saturated heterocycles. The molecule has 0 saturated carbocycles. The molecule has 0 aliphatic carbocycles. The van der Waals surface area contributed by atoms with Gasteiger partial charge in [0.1, 0.15) is 5.69 Å². The average Bonchev–Trinajstić information content (AvgIpc) is 3.52. The van der Waals surface area contributed by atoms with Crippen LogP contribution >= 0.6 is 11.3 Å². The maximum atomic E-state index is 13.0. The number of rotatable bonds is 8. The average molecular weight is 488 g/mol. The molecule has 10 heteroatoms. The van der Waals surface area contributed by atoms with Crippen molar-refractivity contribution in [2.75, 3.05) is 63.7 Å². The maximum Gasteiger partial charge on any atom is 0.275 e. The molecule has 0 spiro atoms. The number of benzene rings is 1. The topological polar surface area (TPSA) is 96.0 Å². The van der Waals surface area contributed by atoms with Gasteiger partial charge in [0.25, 0.3) is 11.8 Å². The van der Waals surface area contributed by atoms with Crippen molar-refractivity contribution in [3.63, 3.8) is 0 Å². The number of hydrogen-bond acceptors (Lipinski definition) is 8. The highest BCUT2D eigenvalue weighted by atomic mass is 32.1. The summed E-state index contributed by atoms with van der Waals surface area (Å²) in [4.78, 5) is 34.8. The number of methoxy groups -OCH3 is 1. The van der Waals surface area contributed by atoms with Gasteiger partial charge in [-0.15, -0.1) is 11.3 Å². The fraction of sp³-hybridized carbons (Fsp3) is 0.542. The number of amides is 2. The van der Waals surface area contributed by atoms with Crippen LogP contribution in [0.3, 0.4) is 0 Å². The molecule has 2 aliphatic heterocycles. The van der Waals surface area contributed by atoms with Gasteiger partial charge in [0.05, 0.1) is 30.1 Å².